The first-order valence-corrected chi connectivity index (χ1v) is 5.79. The minimum absolute atomic E-state index is 0.195. The van der Waals surface area contributed by atoms with Crippen LogP contribution < -0.4 is 0 Å². The zero-order valence-corrected chi connectivity index (χ0v) is 8.39. The van der Waals surface area contributed by atoms with E-state index < -0.39 is 22.0 Å². The van der Waals surface area contributed by atoms with Gasteiger partial charge in [-0.05, 0) is 12.3 Å². The Morgan fingerprint density at radius 3 is 2.64 bits per heavy atom. The molecule has 1 aliphatic heterocycles. The van der Waals surface area contributed by atoms with Crippen molar-refractivity contribution in [3.63, 3.8) is 0 Å². The van der Waals surface area contributed by atoms with Crippen molar-refractivity contribution in [2.45, 2.75) is 6.10 Å². The number of β-amino-alcohol motifs (C(OH)–C–C–N with tert-alkyl or cyclic N) is 1. The predicted molar refractivity (Wildman–Crippen MR) is 52.3 cm³/mol. The fraction of sp³-hybridized carbons (Fsp3) is 0.500. The number of nitrogens with zero attached hydrogens (tertiary/aromatic N) is 1. The van der Waals surface area contributed by atoms with Crippen LogP contribution in [0.15, 0.2) is 24.4 Å². The maximum absolute atomic E-state index is 10.4. The summed E-state index contributed by atoms with van der Waals surface area (Å²) in [6.07, 6.45) is 6.24. The van der Waals surface area contributed by atoms with Crippen molar-refractivity contribution < 1.29 is 18.1 Å². The van der Waals surface area contributed by atoms with E-state index in [9.17, 15) is 13.5 Å². The van der Waals surface area contributed by atoms with Crippen molar-refractivity contribution in [2.75, 3.05) is 18.8 Å². The molecule has 1 heterocycles. The molecule has 1 unspecified atom stereocenters. The zero-order valence-electron chi connectivity index (χ0n) is 7.57. The number of hydrogen-bond donors (Lipinski definition) is 2. The highest BCUT2D eigenvalue weighted by atomic mass is 32.2. The van der Waals surface area contributed by atoms with Crippen LogP contribution in [0, 0.1) is 0 Å². The molecule has 0 aromatic rings. The minimum atomic E-state index is -4.09. The van der Waals surface area contributed by atoms with Gasteiger partial charge in [-0.1, -0.05) is 12.2 Å². The average Bonchev–Trinajstić information content (AvgIpc) is 2.02. The monoisotopic (exact) mass is 219 g/mol. The first-order valence-electron chi connectivity index (χ1n) is 4.18. The van der Waals surface area contributed by atoms with Crippen LogP contribution in [0.2, 0.25) is 0 Å². The lowest BCUT2D eigenvalue weighted by Gasteiger charge is -2.22. The third kappa shape index (κ3) is 4.40. The molecule has 0 bridgehead atoms. The molecule has 0 saturated heterocycles. The van der Waals surface area contributed by atoms with Gasteiger partial charge in [-0.25, -0.2) is 0 Å². The Balaban J connectivity index is 2.37. The fourth-order valence-corrected chi connectivity index (χ4v) is 1.80. The number of hydrogen-bond acceptors (Lipinski definition) is 4. The molecule has 0 aromatic carbocycles. The summed E-state index contributed by atoms with van der Waals surface area (Å²) < 4.78 is 29.3. The van der Waals surface area contributed by atoms with Gasteiger partial charge < -0.3 is 10.0 Å². The lowest BCUT2D eigenvalue weighted by atomic mass is 10.3. The molecule has 0 fully saturated rings. The highest BCUT2D eigenvalue weighted by Gasteiger charge is 2.16. The molecular formula is C8H13NO4S. The summed E-state index contributed by atoms with van der Waals surface area (Å²) in [6.45, 7) is 0.833. The van der Waals surface area contributed by atoms with E-state index >= 15 is 0 Å². The van der Waals surface area contributed by atoms with Gasteiger partial charge in [-0.2, -0.15) is 8.42 Å². The Bertz CT molecular complexity index is 333. The Kier molecular flexibility index (Phi) is 3.68. The van der Waals surface area contributed by atoms with Crippen LogP contribution in [0.1, 0.15) is 0 Å². The summed E-state index contributed by atoms with van der Waals surface area (Å²) in [4.78, 5) is 1.76. The molecule has 2 N–H and O–H groups in total. The van der Waals surface area contributed by atoms with Crippen LogP contribution in [0.3, 0.4) is 0 Å². The van der Waals surface area contributed by atoms with Gasteiger partial charge >= 0.3 is 0 Å². The smallest absolute Gasteiger partial charge is 0.267 e. The van der Waals surface area contributed by atoms with Crippen molar-refractivity contribution in [1.29, 1.82) is 0 Å². The van der Waals surface area contributed by atoms with Gasteiger partial charge in [0.15, 0.2) is 0 Å². The number of rotatable bonds is 4. The van der Waals surface area contributed by atoms with E-state index in [2.05, 4.69) is 0 Å². The summed E-state index contributed by atoms with van der Waals surface area (Å²) in [5, 5.41) is 9.30. The minimum Gasteiger partial charge on any atom is -0.390 e. The highest BCUT2D eigenvalue weighted by Crippen LogP contribution is 2.01. The summed E-state index contributed by atoms with van der Waals surface area (Å²) in [5.74, 6) is -0.624. The van der Waals surface area contributed by atoms with Crippen molar-refractivity contribution >= 4 is 10.1 Å². The third-order valence-electron chi connectivity index (χ3n) is 1.73. The maximum Gasteiger partial charge on any atom is 0.267 e. The van der Waals surface area contributed by atoms with Crippen LogP contribution in [0.4, 0.5) is 0 Å². The number of allylic oxidation sites excluding steroid dienone is 2. The largest absolute Gasteiger partial charge is 0.390 e. The third-order valence-corrected chi connectivity index (χ3v) is 2.54. The van der Waals surface area contributed by atoms with Crippen molar-refractivity contribution in [1.82, 2.24) is 4.90 Å². The Morgan fingerprint density at radius 1 is 1.43 bits per heavy atom. The molecule has 0 amide bonds. The van der Waals surface area contributed by atoms with E-state index in [1.54, 1.807) is 17.2 Å². The number of aliphatic hydroxyl groups excluding tert-OH is 1. The van der Waals surface area contributed by atoms with E-state index in [1.807, 2.05) is 12.2 Å². The summed E-state index contributed by atoms with van der Waals surface area (Å²) in [5.41, 5.74) is 0. The normalized spacial score (nSPS) is 18.6. The molecule has 0 aromatic heterocycles. The molecular weight excluding hydrogens is 206 g/mol. The maximum atomic E-state index is 10.4. The average molecular weight is 219 g/mol. The van der Waals surface area contributed by atoms with E-state index in [0.29, 0.717) is 6.54 Å². The van der Waals surface area contributed by atoms with Gasteiger partial charge in [-0.15, -0.1) is 0 Å². The Morgan fingerprint density at radius 2 is 2.14 bits per heavy atom. The second-order valence-corrected chi connectivity index (χ2v) is 4.62. The number of aliphatic hydroxyl groups is 1. The summed E-state index contributed by atoms with van der Waals surface area (Å²) >= 11 is 0. The first kappa shape index (κ1) is 11.2. The molecule has 0 saturated carbocycles. The van der Waals surface area contributed by atoms with Crippen LogP contribution in [0.25, 0.3) is 0 Å². The van der Waals surface area contributed by atoms with Crippen molar-refractivity contribution in [3.05, 3.63) is 24.4 Å². The van der Waals surface area contributed by atoms with Crippen LogP contribution in [0.5, 0.6) is 0 Å². The van der Waals surface area contributed by atoms with Crippen molar-refractivity contribution in [2.24, 2.45) is 0 Å². The molecule has 5 nitrogen and oxygen atoms in total. The van der Waals surface area contributed by atoms with Gasteiger partial charge in [0, 0.05) is 13.1 Å². The van der Waals surface area contributed by atoms with Crippen LogP contribution in [-0.2, 0) is 10.1 Å². The van der Waals surface area contributed by atoms with E-state index in [1.165, 1.54) is 0 Å². The van der Waals surface area contributed by atoms with E-state index in [4.69, 9.17) is 4.55 Å². The molecule has 0 spiro atoms. The zero-order chi connectivity index (χ0) is 10.6. The first-order chi connectivity index (χ1) is 6.47. The van der Waals surface area contributed by atoms with Gasteiger partial charge in [0.05, 0.1) is 6.10 Å². The van der Waals surface area contributed by atoms with Gasteiger partial charge in [0.25, 0.3) is 10.1 Å². The van der Waals surface area contributed by atoms with Crippen LogP contribution in [-0.4, -0.2) is 47.9 Å². The topological polar surface area (TPSA) is 77.8 Å². The van der Waals surface area contributed by atoms with Crippen molar-refractivity contribution in [3.8, 4) is 0 Å². The molecule has 1 atom stereocenters. The van der Waals surface area contributed by atoms with Gasteiger partial charge in [-0.3, -0.25) is 4.55 Å². The molecule has 0 radical (unpaired) electrons. The SMILES string of the molecule is O=S(=O)(O)CC(O)CN1C=CC=CC1. The second kappa shape index (κ2) is 4.59. The molecule has 6 heteroatoms. The van der Waals surface area contributed by atoms with E-state index in [0.717, 1.165) is 0 Å². The van der Waals surface area contributed by atoms with Crippen LogP contribution >= 0.6 is 0 Å². The molecule has 80 valence electrons. The fourth-order valence-electron chi connectivity index (χ4n) is 1.21. The summed E-state index contributed by atoms with van der Waals surface area (Å²) in [7, 11) is -4.09. The Hall–Kier alpha value is -0.850. The van der Waals surface area contributed by atoms with E-state index in [-0.39, 0.29) is 6.54 Å². The molecule has 1 aliphatic rings. The predicted octanol–water partition coefficient (Wildman–Crippen LogP) is -0.379. The molecule has 1 rings (SSSR count). The van der Waals surface area contributed by atoms with Gasteiger partial charge in [0.1, 0.15) is 5.75 Å². The molecule has 14 heavy (non-hydrogen) atoms. The Labute approximate surface area is 83.1 Å². The lowest BCUT2D eigenvalue weighted by molar-refractivity contribution is 0.156. The highest BCUT2D eigenvalue weighted by molar-refractivity contribution is 7.85. The lowest BCUT2D eigenvalue weighted by Crippen LogP contribution is -2.33. The molecule has 0 aliphatic carbocycles. The van der Waals surface area contributed by atoms with Gasteiger partial charge in [0.2, 0.25) is 0 Å². The second-order valence-electron chi connectivity index (χ2n) is 3.13. The summed E-state index contributed by atoms with van der Waals surface area (Å²) in [6, 6.07) is 0. The standard InChI is InChI=1S/C8H13NO4S/c10-8(7-14(11,12)13)6-9-4-2-1-3-5-9/h1-4,8,10H,5-7H2,(H,11,12,13). The quantitative estimate of drug-likeness (QED) is 0.630.